The van der Waals surface area contributed by atoms with Crippen LogP contribution in [0.25, 0.3) is 10.8 Å². The van der Waals surface area contributed by atoms with Crippen molar-refractivity contribution >= 4 is 22.4 Å². The van der Waals surface area contributed by atoms with Crippen molar-refractivity contribution in [1.82, 2.24) is 4.90 Å². The summed E-state index contributed by atoms with van der Waals surface area (Å²) < 4.78 is 0. The van der Waals surface area contributed by atoms with E-state index >= 15 is 0 Å². The first kappa shape index (κ1) is 18.7. The molecule has 1 aliphatic carbocycles. The topological polar surface area (TPSA) is 32.3 Å². The Balaban J connectivity index is 1.38. The molecule has 0 radical (unpaired) electrons. The van der Waals surface area contributed by atoms with Crippen molar-refractivity contribution in [2.75, 3.05) is 11.9 Å². The van der Waals surface area contributed by atoms with Crippen LogP contribution in [0.5, 0.6) is 0 Å². The maximum absolute atomic E-state index is 12.4. The fourth-order valence-corrected chi connectivity index (χ4v) is 3.77. The van der Waals surface area contributed by atoms with Crippen LogP contribution in [-0.4, -0.2) is 23.4 Å². The molecule has 1 amide bonds. The average molecular weight is 373 g/mol. The molecule has 4 rings (SSSR count). The average Bonchev–Trinajstić information content (AvgIpc) is 3.57. The number of amides is 1. The van der Waals surface area contributed by atoms with Gasteiger partial charge in [0.05, 0.1) is 0 Å². The van der Waals surface area contributed by atoms with E-state index in [1.54, 1.807) is 0 Å². The molecule has 0 heterocycles. The maximum Gasteiger partial charge on any atom is 0.225 e. The van der Waals surface area contributed by atoms with Crippen LogP contribution in [0.4, 0.5) is 5.69 Å². The second-order valence-corrected chi connectivity index (χ2v) is 7.69. The van der Waals surface area contributed by atoms with Gasteiger partial charge in [0.15, 0.2) is 0 Å². The SMILES string of the molecule is CCc1ccc(NC(=O)CCN(Cc2cccc3ccccc23)C2CC2)cc1. The number of nitrogens with one attached hydrogen (secondary N) is 1. The third-order valence-corrected chi connectivity index (χ3v) is 5.59. The Bertz CT molecular complexity index is 939. The van der Waals surface area contributed by atoms with Crippen LogP contribution in [0.15, 0.2) is 66.7 Å². The van der Waals surface area contributed by atoms with Gasteiger partial charge in [-0.2, -0.15) is 0 Å². The van der Waals surface area contributed by atoms with E-state index in [-0.39, 0.29) is 5.91 Å². The summed E-state index contributed by atoms with van der Waals surface area (Å²) in [7, 11) is 0. The fraction of sp³-hybridized carbons (Fsp3) is 0.320. The Morgan fingerprint density at radius 1 is 1.00 bits per heavy atom. The molecule has 1 aliphatic rings. The molecule has 0 bridgehead atoms. The molecule has 3 aromatic carbocycles. The van der Waals surface area contributed by atoms with Gasteiger partial charge >= 0.3 is 0 Å². The molecule has 0 aliphatic heterocycles. The van der Waals surface area contributed by atoms with E-state index in [1.807, 2.05) is 12.1 Å². The zero-order valence-corrected chi connectivity index (χ0v) is 16.5. The molecule has 0 atom stereocenters. The highest BCUT2D eigenvalue weighted by atomic mass is 16.1. The lowest BCUT2D eigenvalue weighted by molar-refractivity contribution is -0.116. The summed E-state index contributed by atoms with van der Waals surface area (Å²) >= 11 is 0. The first-order chi connectivity index (χ1) is 13.7. The van der Waals surface area contributed by atoms with Crippen molar-refractivity contribution in [3.05, 3.63) is 77.9 Å². The number of fused-ring (bicyclic) bond motifs is 1. The lowest BCUT2D eigenvalue weighted by Crippen LogP contribution is -2.29. The number of hydrogen-bond donors (Lipinski definition) is 1. The van der Waals surface area contributed by atoms with Crippen LogP contribution in [0.3, 0.4) is 0 Å². The van der Waals surface area contributed by atoms with E-state index in [0.29, 0.717) is 12.5 Å². The van der Waals surface area contributed by atoms with Crippen molar-refractivity contribution in [1.29, 1.82) is 0 Å². The zero-order chi connectivity index (χ0) is 19.3. The van der Waals surface area contributed by atoms with Crippen LogP contribution >= 0.6 is 0 Å². The Hall–Kier alpha value is -2.65. The van der Waals surface area contributed by atoms with E-state index in [0.717, 1.165) is 25.2 Å². The minimum Gasteiger partial charge on any atom is -0.326 e. The smallest absolute Gasteiger partial charge is 0.225 e. The van der Waals surface area contributed by atoms with Gasteiger partial charge in [0.2, 0.25) is 5.91 Å². The van der Waals surface area contributed by atoms with Gasteiger partial charge in [0.1, 0.15) is 0 Å². The van der Waals surface area contributed by atoms with Crippen LogP contribution in [0.1, 0.15) is 37.3 Å². The summed E-state index contributed by atoms with van der Waals surface area (Å²) in [6, 6.07) is 23.8. The molecule has 1 N–H and O–H groups in total. The van der Waals surface area contributed by atoms with Crippen molar-refractivity contribution in [3.8, 4) is 0 Å². The molecule has 28 heavy (non-hydrogen) atoms. The molecule has 1 saturated carbocycles. The molecule has 0 unspecified atom stereocenters. The number of carbonyl (C=O) groups is 1. The molecule has 0 aromatic heterocycles. The number of hydrogen-bond acceptors (Lipinski definition) is 2. The molecule has 3 aromatic rings. The summed E-state index contributed by atoms with van der Waals surface area (Å²) in [6.45, 7) is 3.84. The van der Waals surface area contributed by atoms with Crippen molar-refractivity contribution < 1.29 is 4.79 Å². The Morgan fingerprint density at radius 2 is 1.75 bits per heavy atom. The first-order valence-electron chi connectivity index (χ1n) is 10.3. The quantitative estimate of drug-likeness (QED) is 0.574. The molecule has 0 spiro atoms. The third kappa shape index (κ3) is 4.60. The maximum atomic E-state index is 12.4. The largest absolute Gasteiger partial charge is 0.326 e. The van der Waals surface area contributed by atoms with E-state index in [1.165, 1.54) is 34.7 Å². The van der Waals surface area contributed by atoms with Crippen LogP contribution in [0.2, 0.25) is 0 Å². The predicted octanol–water partition coefficient (Wildman–Crippen LogP) is 5.40. The van der Waals surface area contributed by atoms with E-state index in [2.05, 4.69) is 71.7 Å². The number of benzene rings is 3. The van der Waals surface area contributed by atoms with Crippen LogP contribution in [0, 0.1) is 0 Å². The molecule has 3 heteroatoms. The lowest BCUT2D eigenvalue weighted by Gasteiger charge is -2.22. The Morgan fingerprint density at radius 3 is 2.50 bits per heavy atom. The van der Waals surface area contributed by atoms with Crippen molar-refractivity contribution in [2.24, 2.45) is 0 Å². The summed E-state index contributed by atoms with van der Waals surface area (Å²) in [4.78, 5) is 14.9. The highest BCUT2D eigenvalue weighted by Crippen LogP contribution is 2.30. The van der Waals surface area contributed by atoms with E-state index in [4.69, 9.17) is 0 Å². The van der Waals surface area contributed by atoms with Gasteiger partial charge in [-0.05, 0) is 53.3 Å². The molecule has 0 saturated heterocycles. The fourth-order valence-electron chi connectivity index (χ4n) is 3.77. The Labute approximate surface area is 167 Å². The zero-order valence-electron chi connectivity index (χ0n) is 16.5. The lowest BCUT2D eigenvalue weighted by atomic mass is 10.0. The van der Waals surface area contributed by atoms with Crippen LogP contribution in [-0.2, 0) is 17.8 Å². The number of anilines is 1. The van der Waals surface area contributed by atoms with Gasteiger partial charge in [0, 0.05) is 31.2 Å². The van der Waals surface area contributed by atoms with Gasteiger partial charge < -0.3 is 5.32 Å². The summed E-state index contributed by atoms with van der Waals surface area (Å²) in [5, 5.41) is 5.63. The minimum atomic E-state index is 0.0906. The highest BCUT2D eigenvalue weighted by molar-refractivity contribution is 5.90. The number of carbonyl (C=O) groups excluding carboxylic acids is 1. The van der Waals surface area contributed by atoms with Crippen molar-refractivity contribution in [3.63, 3.8) is 0 Å². The standard InChI is InChI=1S/C25H28N2O/c1-2-19-10-12-22(13-11-19)26-25(28)16-17-27(23-14-15-23)18-21-8-5-7-20-6-3-4-9-24(20)21/h3-13,23H,2,14-18H2,1H3,(H,26,28). The second kappa shape index (κ2) is 8.57. The normalized spacial score (nSPS) is 13.8. The van der Waals surface area contributed by atoms with E-state index < -0.39 is 0 Å². The summed E-state index contributed by atoms with van der Waals surface area (Å²) in [5.41, 5.74) is 3.52. The second-order valence-electron chi connectivity index (χ2n) is 7.69. The van der Waals surface area contributed by atoms with Crippen LogP contribution < -0.4 is 5.32 Å². The third-order valence-electron chi connectivity index (χ3n) is 5.59. The number of nitrogens with zero attached hydrogens (tertiary/aromatic N) is 1. The first-order valence-corrected chi connectivity index (χ1v) is 10.3. The van der Waals surface area contributed by atoms with Crippen molar-refractivity contribution in [2.45, 2.75) is 45.2 Å². The molecular formula is C25H28N2O. The van der Waals surface area contributed by atoms with Gasteiger partial charge in [-0.25, -0.2) is 0 Å². The molecule has 1 fully saturated rings. The van der Waals surface area contributed by atoms with E-state index in [9.17, 15) is 4.79 Å². The molecular weight excluding hydrogens is 344 g/mol. The van der Waals surface area contributed by atoms with Gasteiger partial charge in [-0.3, -0.25) is 9.69 Å². The minimum absolute atomic E-state index is 0.0906. The number of rotatable bonds is 8. The summed E-state index contributed by atoms with van der Waals surface area (Å²) in [6.07, 6.45) is 4.02. The van der Waals surface area contributed by atoms with Gasteiger partial charge in [-0.1, -0.05) is 61.5 Å². The Kier molecular flexibility index (Phi) is 5.73. The van der Waals surface area contributed by atoms with Gasteiger partial charge in [-0.15, -0.1) is 0 Å². The monoisotopic (exact) mass is 372 g/mol. The molecule has 3 nitrogen and oxygen atoms in total. The predicted molar refractivity (Wildman–Crippen MR) is 116 cm³/mol. The van der Waals surface area contributed by atoms with Gasteiger partial charge in [0.25, 0.3) is 0 Å². The number of aryl methyl sites for hydroxylation is 1. The highest BCUT2D eigenvalue weighted by Gasteiger charge is 2.29. The molecule has 144 valence electrons. The summed E-state index contributed by atoms with van der Waals surface area (Å²) in [5.74, 6) is 0.0906.